The van der Waals surface area contributed by atoms with Crippen LogP contribution in [0.2, 0.25) is 0 Å². The number of hydrogen-bond acceptors (Lipinski definition) is 5. The molecule has 1 aliphatic carbocycles. The van der Waals surface area contributed by atoms with E-state index in [4.69, 9.17) is 10.5 Å². The third-order valence-corrected chi connectivity index (χ3v) is 5.02. The van der Waals surface area contributed by atoms with E-state index in [-0.39, 0.29) is 0 Å². The van der Waals surface area contributed by atoms with Crippen LogP contribution in [0.4, 0.5) is 0 Å². The highest BCUT2D eigenvalue weighted by Gasteiger charge is 2.25. The van der Waals surface area contributed by atoms with Crippen molar-refractivity contribution in [1.29, 1.82) is 0 Å². The molecule has 1 aromatic heterocycles. The second kappa shape index (κ2) is 7.22. The molecule has 5 heteroatoms. The van der Waals surface area contributed by atoms with Gasteiger partial charge in [0, 0.05) is 35.8 Å². The van der Waals surface area contributed by atoms with Gasteiger partial charge in [-0.15, -0.1) is 11.3 Å². The van der Waals surface area contributed by atoms with Gasteiger partial charge in [-0.05, 0) is 50.6 Å². The maximum atomic E-state index is 5.81. The van der Waals surface area contributed by atoms with E-state index >= 15 is 0 Å². The van der Waals surface area contributed by atoms with E-state index in [0.717, 1.165) is 46.8 Å². The number of ether oxygens (including phenoxy) is 1. The lowest BCUT2D eigenvalue weighted by atomic mass is 10.2. The summed E-state index contributed by atoms with van der Waals surface area (Å²) < 4.78 is 5.81. The molecule has 1 heterocycles. The van der Waals surface area contributed by atoms with Crippen LogP contribution >= 0.6 is 11.3 Å². The molecule has 1 fully saturated rings. The van der Waals surface area contributed by atoms with E-state index in [1.165, 1.54) is 12.8 Å². The number of rotatable bonds is 8. The Balaban J connectivity index is 1.46. The molecule has 4 nitrogen and oxygen atoms in total. The molecule has 0 atom stereocenters. The Kier molecular flexibility index (Phi) is 5.08. The van der Waals surface area contributed by atoms with E-state index in [0.29, 0.717) is 6.54 Å². The molecule has 0 unspecified atom stereocenters. The molecule has 1 aliphatic rings. The monoisotopic (exact) mass is 317 g/mol. The van der Waals surface area contributed by atoms with Crippen molar-refractivity contribution in [1.82, 2.24) is 9.88 Å². The van der Waals surface area contributed by atoms with Crippen molar-refractivity contribution >= 4 is 11.3 Å². The lowest BCUT2D eigenvalue weighted by Gasteiger charge is -2.15. The SMILES string of the molecule is CN(CCCOc1ccc(-c2ncc(CN)s2)cc1)C1CC1. The van der Waals surface area contributed by atoms with Crippen LogP contribution in [0, 0.1) is 0 Å². The summed E-state index contributed by atoms with van der Waals surface area (Å²) in [5.41, 5.74) is 6.74. The van der Waals surface area contributed by atoms with E-state index in [2.05, 4.69) is 29.1 Å². The minimum atomic E-state index is 0.550. The van der Waals surface area contributed by atoms with Crippen molar-refractivity contribution in [2.75, 3.05) is 20.2 Å². The van der Waals surface area contributed by atoms with Gasteiger partial charge in [-0.1, -0.05) is 0 Å². The first-order valence-electron chi connectivity index (χ1n) is 7.84. The van der Waals surface area contributed by atoms with Gasteiger partial charge in [-0.2, -0.15) is 0 Å². The minimum absolute atomic E-state index is 0.550. The Labute approximate surface area is 135 Å². The zero-order valence-corrected chi connectivity index (χ0v) is 13.8. The van der Waals surface area contributed by atoms with Crippen LogP contribution in [0.5, 0.6) is 5.75 Å². The summed E-state index contributed by atoms with van der Waals surface area (Å²) in [6.45, 7) is 2.43. The summed E-state index contributed by atoms with van der Waals surface area (Å²) >= 11 is 1.64. The van der Waals surface area contributed by atoms with E-state index < -0.39 is 0 Å². The van der Waals surface area contributed by atoms with Crippen LogP contribution in [0.25, 0.3) is 10.6 Å². The molecule has 22 heavy (non-hydrogen) atoms. The molecule has 0 amide bonds. The predicted octanol–water partition coefficient (Wildman–Crippen LogP) is 3.13. The van der Waals surface area contributed by atoms with Crippen molar-refractivity contribution in [2.45, 2.75) is 31.8 Å². The third kappa shape index (κ3) is 4.06. The van der Waals surface area contributed by atoms with Crippen molar-refractivity contribution < 1.29 is 4.74 Å². The number of aromatic nitrogens is 1. The Morgan fingerprint density at radius 2 is 2.09 bits per heavy atom. The summed E-state index contributed by atoms with van der Waals surface area (Å²) in [7, 11) is 2.20. The topological polar surface area (TPSA) is 51.4 Å². The second-order valence-corrected chi connectivity index (χ2v) is 6.89. The van der Waals surface area contributed by atoms with Gasteiger partial charge in [0.2, 0.25) is 0 Å². The third-order valence-electron chi connectivity index (χ3n) is 3.95. The molecule has 0 spiro atoms. The fourth-order valence-corrected chi connectivity index (χ4v) is 3.23. The maximum Gasteiger partial charge on any atom is 0.123 e. The zero-order chi connectivity index (χ0) is 15.4. The highest BCUT2D eigenvalue weighted by molar-refractivity contribution is 7.15. The van der Waals surface area contributed by atoms with Gasteiger partial charge in [-0.3, -0.25) is 0 Å². The van der Waals surface area contributed by atoms with Crippen molar-refractivity contribution in [3.05, 3.63) is 35.3 Å². The molecule has 0 radical (unpaired) electrons. The summed E-state index contributed by atoms with van der Waals surface area (Å²) in [6.07, 6.45) is 5.64. The van der Waals surface area contributed by atoms with E-state index in [1.54, 1.807) is 11.3 Å². The van der Waals surface area contributed by atoms with Crippen LogP contribution in [0.1, 0.15) is 24.1 Å². The first kappa shape index (κ1) is 15.5. The summed E-state index contributed by atoms with van der Waals surface area (Å²) in [6, 6.07) is 8.98. The largest absolute Gasteiger partial charge is 0.494 e. The van der Waals surface area contributed by atoms with Gasteiger partial charge in [0.15, 0.2) is 0 Å². The first-order chi connectivity index (χ1) is 10.8. The summed E-state index contributed by atoms with van der Waals surface area (Å²) in [4.78, 5) is 7.94. The Bertz CT molecular complexity index is 592. The number of hydrogen-bond donors (Lipinski definition) is 1. The molecule has 1 aromatic carbocycles. The highest BCUT2D eigenvalue weighted by Crippen LogP contribution is 2.27. The zero-order valence-electron chi connectivity index (χ0n) is 13.0. The van der Waals surface area contributed by atoms with Gasteiger partial charge in [-0.25, -0.2) is 4.98 Å². The van der Waals surface area contributed by atoms with Crippen LogP contribution in [-0.4, -0.2) is 36.1 Å². The maximum absolute atomic E-state index is 5.81. The van der Waals surface area contributed by atoms with Crippen molar-refractivity contribution in [2.24, 2.45) is 5.73 Å². The van der Waals surface area contributed by atoms with Gasteiger partial charge < -0.3 is 15.4 Å². The fourth-order valence-electron chi connectivity index (χ4n) is 2.43. The molecule has 0 aliphatic heterocycles. The first-order valence-corrected chi connectivity index (χ1v) is 8.66. The fraction of sp³-hybridized carbons (Fsp3) is 0.471. The van der Waals surface area contributed by atoms with Gasteiger partial charge >= 0.3 is 0 Å². The molecule has 3 rings (SSSR count). The normalized spacial score (nSPS) is 14.5. The Morgan fingerprint density at radius 3 is 2.73 bits per heavy atom. The average molecular weight is 317 g/mol. The standard InChI is InChI=1S/C17H23N3OS/c1-20(14-5-6-14)9-2-10-21-15-7-3-13(4-8-15)17-19-12-16(11-18)22-17/h3-4,7-8,12,14H,2,5-6,9-11,18H2,1H3. The van der Waals surface area contributed by atoms with Crippen LogP contribution in [0.15, 0.2) is 30.5 Å². The van der Waals surface area contributed by atoms with Crippen LogP contribution in [0.3, 0.4) is 0 Å². The lowest BCUT2D eigenvalue weighted by Crippen LogP contribution is -2.23. The highest BCUT2D eigenvalue weighted by atomic mass is 32.1. The molecular weight excluding hydrogens is 294 g/mol. The number of benzene rings is 1. The molecule has 1 saturated carbocycles. The second-order valence-electron chi connectivity index (χ2n) is 5.77. The molecule has 0 bridgehead atoms. The molecule has 2 aromatic rings. The van der Waals surface area contributed by atoms with Crippen LogP contribution < -0.4 is 10.5 Å². The number of thiazole rings is 1. The quantitative estimate of drug-likeness (QED) is 0.760. The molecule has 0 saturated heterocycles. The van der Waals surface area contributed by atoms with Gasteiger partial charge in [0.05, 0.1) is 6.61 Å². The summed E-state index contributed by atoms with van der Waals surface area (Å²) in [5, 5.41) is 1.01. The minimum Gasteiger partial charge on any atom is -0.494 e. The Morgan fingerprint density at radius 1 is 1.32 bits per heavy atom. The number of nitrogens with two attached hydrogens (primary N) is 1. The number of nitrogens with zero attached hydrogens (tertiary/aromatic N) is 2. The Hall–Kier alpha value is -1.43. The summed E-state index contributed by atoms with van der Waals surface area (Å²) in [5.74, 6) is 0.924. The predicted molar refractivity (Wildman–Crippen MR) is 91.2 cm³/mol. The van der Waals surface area contributed by atoms with E-state index in [1.807, 2.05) is 18.3 Å². The molecule has 2 N–H and O–H groups in total. The van der Waals surface area contributed by atoms with Gasteiger partial charge in [0.25, 0.3) is 0 Å². The molecule has 118 valence electrons. The van der Waals surface area contributed by atoms with Crippen molar-refractivity contribution in [3.8, 4) is 16.3 Å². The van der Waals surface area contributed by atoms with Gasteiger partial charge in [0.1, 0.15) is 10.8 Å². The van der Waals surface area contributed by atoms with Crippen LogP contribution in [-0.2, 0) is 6.54 Å². The molecular formula is C17H23N3OS. The lowest BCUT2D eigenvalue weighted by molar-refractivity contribution is 0.258. The average Bonchev–Trinajstić information content (AvgIpc) is 3.30. The smallest absolute Gasteiger partial charge is 0.123 e. The van der Waals surface area contributed by atoms with Crippen molar-refractivity contribution in [3.63, 3.8) is 0 Å². The van der Waals surface area contributed by atoms with E-state index in [9.17, 15) is 0 Å².